The fraction of sp³-hybridized carbons (Fsp3) is 0.452. The van der Waals surface area contributed by atoms with Gasteiger partial charge < -0.3 is 52.4 Å². The maximum atomic E-state index is 13.9. The molecule has 2 unspecified atom stereocenters. The molecule has 3 aliphatic rings. The van der Waals surface area contributed by atoms with Crippen LogP contribution < -0.4 is 28.4 Å². The summed E-state index contributed by atoms with van der Waals surface area (Å²) in [5.74, 6) is -0.0731. The quantitative estimate of drug-likeness (QED) is 0.103. The number of piperidine rings is 1. The van der Waals surface area contributed by atoms with Gasteiger partial charge in [0.25, 0.3) is 0 Å². The number of nitrogens with zero attached hydrogens (tertiary/aromatic N) is 1. The average Bonchev–Trinajstić information content (AvgIpc) is 3.62. The predicted octanol–water partition coefficient (Wildman–Crippen LogP) is 5.90. The van der Waals surface area contributed by atoms with Gasteiger partial charge in [-0.3, -0.25) is 9.69 Å². The summed E-state index contributed by atoms with van der Waals surface area (Å²) in [5, 5.41) is 1.18. The Labute approximate surface area is 330 Å². The number of hydrogen-bond donors (Lipinski definition) is 1. The summed E-state index contributed by atoms with van der Waals surface area (Å²) in [6.45, 7) is 1.43. The summed E-state index contributed by atoms with van der Waals surface area (Å²) in [6, 6.07) is 14.0. The Morgan fingerprint density at radius 3 is 2.14 bits per heavy atom. The van der Waals surface area contributed by atoms with E-state index in [0.29, 0.717) is 36.4 Å². The molecule has 3 aromatic carbocycles. The lowest BCUT2D eigenvalue weighted by Gasteiger charge is -2.52. The number of H-pyrrole nitrogens is 1. The zero-order valence-corrected chi connectivity index (χ0v) is 33.1. The molecular formula is C42H48N2O13. The number of carbonyl (C=O) groups excluding carboxylic acids is 3. The van der Waals surface area contributed by atoms with Crippen molar-refractivity contribution in [1.29, 1.82) is 0 Å². The van der Waals surface area contributed by atoms with Crippen molar-refractivity contribution in [3.8, 4) is 34.5 Å². The van der Waals surface area contributed by atoms with Gasteiger partial charge in [0.15, 0.2) is 11.5 Å². The van der Waals surface area contributed by atoms with Crippen LogP contribution in [0, 0.1) is 17.8 Å². The van der Waals surface area contributed by atoms with E-state index in [4.69, 9.17) is 47.4 Å². The maximum Gasteiger partial charge on any atom is 0.514 e. The first-order valence-corrected chi connectivity index (χ1v) is 18.7. The molecule has 1 saturated heterocycles. The molecule has 0 spiro atoms. The van der Waals surface area contributed by atoms with Gasteiger partial charge in [0.2, 0.25) is 5.75 Å². The number of benzene rings is 3. The number of aromatic nitrogens is 1. The number of fused-ring (bicyclic) bond motifs is 6. The number of carbonyl (C=O) groups is 3. The fourth-order valence-electron chi connectivity index (χ4n) is 8.87. The minimum absolute atomic E-state index is 0.0180. The summed E-state index contributed by atoms with van der Waals surface area (Å²) < 4.78 is 55.5. The number of ether oxygens (including phenoxy) is 10. The summed E-state index contributed by atoms with van der Waals surface area (Å²) in [6.07, 6.45) is -0.523. The Hall–Kier alpha value is -5.67. The number of hydrogen-bond acceptors (Lipinski definition) is 14. The van der Waals surface area contributed by atoms with E-state index in [0.717, 1.165) is 29.9 Å². The largest absolute Gasteiger partial charge is 0.514 e. The number of esters is 2. The smallest absolute Gasteiger partial charge is 0.497 e. The van der Waals surface area contributed by atoms with Crippen molar-refractivity contribution in [1.82, 2.24) is 9.88 Å². The molecule has 1 saturated carbocycles. The Kier molecular flexibility index (Phi) is 11.7. The first-order valence-electron chi connectivity index (χ1n) is 18.7. The summed E-state index contributed by atoms with van der Waals surface area (Å²) in [7, 11) is 10.3. The minimum Gasteiger partial charge on any atom is -0.497 e. The molecule has 3 heterocycles. The molecule has 0 radical (unpaired) electrons. The van der Waals surface area contributed by atoms with E-state index in [1.54, 1.807) is 25.3 Å². The van der Waals surface area contributed by atoms with E-state index >= 15 is 0 Å². The minimum atomic E-state index is -1.04. The van der Waals surface area contributed by atoms with Gasteiger partial charge in [-0.05, 0) is 78.6 Å². The molecule has 15 nitrogen and oxygen atoms in total. The van der Waals surface area contributed by atoms with Crippen molar-refractivity contribution in [3.05, 3.63) is 70.9 Å². The molecule has 1 aliphatic carbocycles. The predicted molar refractivity (Wildman–Crippen MR) is 204 cm³/mol. The third-order valence-corrected chi connectivity index (χ3v) is 11.5. The van der Waals surface area contributed by atoms with E-state index in [2.05, 4.69) is 16.0 Å². The van der Waals surface area contributed by atoms with Gasteiger partial charge >= 0.3 is 18.1 Å². The molecule has 7 rings (SSSR count). The molecule has 15 heteroatoms. The molecule has 57 heavy (non-hydrogen) atoms. The van der Waals surface area contributed by atoms with E-state index in [1.807, 2.05) is 12.1 Å². The molecule has 2 fully saturated rings. The second-order valence-electron chi connectivity index (χ2n) is 14.3. The van der Waals surface area contributed by atoms with Gasteiger partial charge in [0.1, 0.15) is 36.1 Å². The van der Waals surface area contributed by atoms with Gasteiger partial charge in [0.05, 0.1) is 60.2 Å². The number of aromatic amines is 1. The topological polar surface area (TPSA) is 163 Å². The van der Waals surface area contributed by atoms with E-state index in [-0.39, 0.29) is 47.3 Å². The van der Waals surface area contributed by atoms with Gasteiger partial charge in [0, 0.05) is 48.9 Å². The highest BCUT2D eigenvalue weighted by molar-refractivity contribution is 5.92. The summed E-state index contributed by atoms with van der Waals surface area (Å²) >= 11 is 0. The third kappa shape index (κ3) is 7.73. The number of methoxy groups -OCH3 is 7. The lowest BCUT2D eigenvalue weighted by molar-refractivity contribution is -0.176. The molecule has 0 amide bonds. The Balaban J connectivity index is 1.08. The van der Waals surface area contributed by atoms with E-state index < -0.39 is 36.2 Å². The number of rotatable bonds is 12. The van der Waals surface area contributed by atoms with Crippen molar-refractivity contribution in [2.45, 2.75) is 44.1 Å². The van der Waals surface area contributed by atoms with E-state index in [1.165, 1.54) is 65.7 Å². The first kappa shape index (κ1) is 39.6. The summed E-state index contributed by atoms with van der Waals surface area (Å²) in [5.41, 5.74) is 4.15. The van der Waals surface area contributed by atoms with Crippen LogP contribution in [0.1, 0.15) is 46.1 Å². The molecule has 2 aliphatic heterocycles. The second kappa shape index (κ2) is 16.8. The zero-order chi connectivity index (χ0) is 40.4. The fourth-order valence-corrected chi connectivity index (χ4v) is 8.87. The molecule has 304 valence electrons. The lowest BCUT2D eigenvalue weighted by atomic mass is 9.63. The van der Waals surface area contributed by atoms with Crippen LogP contribution in [-0.4, -0.2) is 103 Å². The van der Waals surface area contributed by atoms with Crippen LogP contribution in [0.2, 0.25) is 0 Å². The molecular weight excluding hydrogens is 740 g/mol. The molecule has 4 aromatic rings. The first-order chi connectivity index (χ1) is 27.6. The third-order valence-electron chi connectivity index (χ3n) is 11.5. The van der Waals surface area contributed by atoms with Crippen LogP contribution in [0.3, 0.4) is 0 Å². The van der Waals surface area contributed by atoms with Crippen LogP contribution in [0.5, 0.6) is 34.5 Å². The van der Waals surface area contributed by atoms with Crippen molar-refractivity contribution in [2.24, 2.45) is 17.8 Å². The molecule has 0 bridgehead atoms. The summed E-state index contributed by atoms with van der Waals surface area (Å²) in [4.78, 5) is 46.5. The van der Waals surface area contributed by atoms with Crippen molar-refractivity contribution in [2.75, 3.05) is 62.9 Å². The van der Waals surface area contributed by atoms with Crippen molar-refractivity contribution < 1.29 is 61.8 Å². The lowest BCUT2D eigenvalue weighted by Crippen LogP contribution is -2.58. The SMILES string of the molecule is COC(=O)[C@H]1C2C[C@@H]3c4[nH]c5cc(OC)ccc5c4CCN3CC2C[C@@H](OC(=O)c2cc(OC)c(OC(=O)OCc3cc(OC)cc(OC)c3)c(OC)c2)[C@@H]1OC. The van der Waals surface area contributed by atoms with Crippen molar-refractivity contribution in [3.63, 3.8) is 0 Å². The maximum absolute atomic E-state index is 13.9. The number of nitrogens with one attached hydrogen (secondary N) is 1. The highest BCUT2D eigenvalue weighted by atomic mass is 16.7. The Morgan fingerprint density at radius 2 is 1.51 bits per heavy atom. The monoisotopic (exact) mass is 788 g/mol. The van der Waals surface area contributed by atoms with Crippen LogP contribution >= 0.6 is 0 Å². The normalized spacial score (nSPS) is 22.6. The standard InChI is InChI=1S/C42H48N2O13/c1-48-25-8-9-28-29-10-11-44-20-24-16-35(39(53-6)36(41(46)54-7)30(24)19-32(44)37(29)43-31(28)18-25)56-40(45)23-14-33(51-4)38(34(15-23)52-5)57-42(47)55-21-22-12-26(49-2)17-27(13-22)50-3/h8-9,12-15,17-18,24,30,32,35-36,39,43H,10-11,16,19-21H2,1-7H3/t24?,30?,32-,35-,36+,39+/m1/s1. The van der Waals surface area contributed by atoms with Crippen molar-refractivity contribution >= 4 is 29.0 Å². The molecule has 1 aromatic heterocycles. The molecule has 1 N–H and O–H groups in total. The van der Waals surface area contributed by atoms with Gasteiger partial charge in [-0.25, -0.2) is 9.59 Å². The molecule has 6 atom stereocenters. The van der Waals surface area contributed by atoms with Gasteiger partial charge in [-0.2, -0.15) is 0 Å². The van der Waals surface area contributed by atoms with Gasteiger partial charge in [-0.1, -0.05) is 0 Å². The van der Waals surface area contributed by atoms with E-state index in [9.17, 15) is 14.4 Å². The average molecular weight is 789 g/mol. The Morgan fingerprint density at radius 1 is 0.807 bits per heavy atom. The second-order valence-corrected chi connectivity index (χ2v) is 14.3. The highest BCUT2D eigenvalue weighted by Crippen LogP contribution is 2.51. The van der Waals surface area contributed by atoms with Crippen LogP contribution in [-0.2, 0) is 36.8 Å². The van der Waals surface area contributed by atoms with Crippen LogP contribution in [0.15, 0.2) is 48.5 Å². The Bertz CT molecular complexity index is 2080. The highest BCUT2D eigenvalue weighted by Gasteiger charge is 2.54. The van der Waals surface area contributed by atoms with Gasteiger partial charge in [-0.15, -0.1) is 0 Å². The zero-order valence-electron chi connectivity index (χ0n) is 33.1. The van der Waals surface area contributed by atoms with Crippen LogP contribution in [0.25, 0.3) is 10.9 Å². The van der Waals surface area contributed by atoms with Crippen LogP contribution in [0.4, 0.5) is 4.79 Å².